The molecule has 56 valence electrons. The molecule has 2 aromatic heterocycles. The zero-order valence-electron chi connectivity index (χ0n) is 5.90. The van der Waals surface area contributed by atoms with E-state index in [1.165, 1.54) is 0 Å². The molecule has 0 amide bonds. The molecule has 2 rings (SSSR count). The predicted molar refractivity (Wildman–Crippen MR) is 42.9 cm³/mol. The molecule has 0 spiro atoms. The molecule has 0 fully saturated rings. The summed E-state index contributed by atoms with van der Waals surface area (Å²) in [7, 11) is 0. The van der Waals surface area contributed by atoms with Crippen LogP contribution in [0, 0.1) is 11.6 Å². The Labute approximate surface area is 67.9 Å². The van der Waals surface area contributed by atoms with Crippen molar-refractivity contribution in [2.45, 2.75) is 6.92 Å². The molecule has 1 N–H and O–H groups in total. The minimum absolute atomic E-state index is 0.578. The number of aryl methyl sites for hydroxylation is 1. The molecule has 2 aromatic rings. The molecular weight excluding hydrogens is 160 g/mol. The molecule has 0 bridgehead atoms. The van der Waals surface area contributed by atoms with E-state index in [1.54, 1.807) is 10.8 Å². The molecule has 0 radical (unpaired) electrons. The molecule has 0 aliphatic carbocycles. The van der Waals surface area contributed by atoms with Crippen molar-refractivity contribution in [3.63, 3.8) is 0 Å². The van der Waals surface area contributed by atoms with Gasteiger partial charge in [0.25, 0.3) is 5.78 Å². The molecule has 0 saturated carbocycles. The molecular formula is C6H6N4S. The van der Waals surface area contributed by atoms with Crippen LogP contribution in [0.2, 0.25) is 0 Å². The quantitative estimate of drug-likeness (QED) is 0.596. The number of nitrogens with one attached hydrogen (secondary N) is 1. The van der Waals surface area contributed by atoms with Crippen LogP contribution in [0.25, 0.3) is 5.78 Å². The van der Waals surface area contributed by atoms with Gasteiger partial charge >= 0.3 is 0 Å². The number of hydrogen-bond donors (Lipinski definition) is 1. The highest BCUT2D eigenvalue weighted by molar-refractivity contribution is 7.71. The Hall–Kier alpha value is -1.23. The second-order valence-corrected chi connectivity index (χ2v) is 2.68. The average molecular weight is 166 g/mol. The second-order valence-electron chi connectivity index (χ2n) is 2.26. The monoisotopic (exact) mass is 166 g/mol. The molecule has 0 aliphatic heterocycles. The minimum atomic E-state index is 0.578. The maximum atomic E-state index is 4.91. The number of rotatable bonds is 0. The maximum absolute atomic E-state index is 4.91. The normalized spacial score (nSPS) is 10.6. The first-order valence-corrected chi connectivity index (χ1v) is 3.58. The first-order valence-electron chi connectivity index (χ1n) is 3.17. The van der Waals surface area contributed by atoms with Gasteiger partial charge in [-0.3, -0.25) is 5.10 Å². The van der Waals surface area contributed by atoms with Crippen molar-refractivity contribution in [2.24, 2.45) is 0 Å². The average Bonchev–Trinajstić information content (AvgIpc) is 2.34. The van der Waals surface area contributed by atoms with Crippen LogP contribution >= 0.6 is 12.2 Å². The van der Waals surface area contributed by atoms with Crippen LogP contribution in [0.4, 0.5) is 0 Å². The van der Waals surface area contributed by atoms with Gasteiger partial charge in [0, 0.05) is 5.69 Å². The highest BCUT2D eigenvalue weighted by Gasteiger charge is 1.96. The first kappa shape index (κ1) is 6.48. The van der Waals surface area contributed by atoms with E-state index in [4.69, 9.17) is 12.2 Å². The van der Waals surface area contributed by atoms with Crippen LogP contribution in [-0.2, 0) is 0 Å². The number of hydrogen-bond acceptors (Lipinski definition) is 3. The van der Waals surface area contributed by atoms with E-state index in [-0.39, 0.29) is 0 Å². The van der Waals surface area contributed by atoms with Gasteiger partial charge in [-0.2, -0.15) is 4.98 Å². The third-order valence-corrected chi connectivity index (χ3v) is 1.67. The summed E-state index contributed by atoms with van der Waals surface area (Å²) in [5.74, 6) is 0.620. The van der Waals surface area contributed by atoms with E-state index in [1.807, 2.05) is 13.0 Å². The van der Waals surface area contributed by atoms with Crippen LogP contribution in [0.3, 0.4) is 0 Å². The van der Waals surface area contributed by atoms with Crippen molar-refractivity contribution < 1.29 is 0 Å². The number of aromatic nitrogens is 4. The Kier molecular flexibility index (Phi) is 1.25. The van der Waals surface area contributed by atoms with Gasteiger partial charge in [0.2, 0.25) is 0 Å². The molecule has 2 heterocycles. The van der Waals surface area contributed by atoms with E-state index in [9.17, 15) is 0 Å². The van der Waals surface area contributed by atoms with E-state index >= 15 is 0 Å². The Morgan fingerprint density at radius 2 is 2.45 bits per heavy atom. The van der Waals surface area contributed by atoms with Gasteiger partial charge in [-0.25, -0.2) is 9.50 Å². The summed E-state index contributed by atoms with van der Waals surface area (Å²) < 4.78 is 2.35. The van der Waals surface area contributed by atoms with Crippen LogP contribution < -0.4 is 0 Å². The van der Waals surface area contributed by atoms with E-state index in [2.05, 4.69) is 15.1 Å². The second kappa shape index (κ2) is 2.13. The van der Waals surface area contributed by atoms with Crippen molar-refractivity contribution in [2.75, 3.05) is 0 Å². The van der Waals surface area contributed by atoms with Crippen LogP contribution in [0.15, 0.2) is 12.4 Å². The van der Waals surface area contributed by atoms with Gasteiger partial charge in [0.05, 0.1) is 0 Å². The molecule has 0 unspecified atom stereocenters. The Morgan fingerprint density at radius 3 is 3.27 bits per heavy atom. The fourth-order valence-electron chi connectivity index (χ4n) is 0.972. The highest BCUT2D eigenvalue weighted by atomic mass is 32.1. The topological polar surface area (TPSA) is 46.0 Å². The Balaban J connectivity index is 3.02. The van der Waals surface area contributed by atoms with Gasteiger partial charge in [-0.1, -0.05) is 12.2 Å². The molecule has 5 heteroatoms. The largest absolute Gasteiger partial charge is 0.281 e. The van der Waals surface area contributed by atoms with Gasteiger partial charge in [0.1, 0.15) is 11.0 Å². The SMILES string of the molecule is Cc1cc(=S)nc2nc[nH]n12. The molecule has 0 aliphatic rings. The summed E-state index contributed by atoms with van der Waals surface area (Å²) >= 11 is 4.91. The van der Waals surface area contributed by atoms with Crippen LogP contribution in [0.5, 0.6) is 0 Å². The lowest BCUT2D eigenvalue weighted by atomic mass is 10.5. The molecule has 0 atom stereocenters. The number of fused-ring (bicyclic) bond motifs is 1. The fourth-order valence-corrected chi connectivity index (χ4v) is 1.22. The lowest BCUT2D eigenvalue weighted by molar-refractivity contribution is 0.891. The molecule has 0 saturated heterocycles. The highest BCUT2D eigenvalue weighted by Crippen LogP contribution is 1.99. The van der Waals surface area contributed by atoms with Gasteiger partial charge < -0.3 is 0 Å². The lowest BCUT2D eigenvalue weighted by Gasteiger charge is -1.94. The smallest absolute Gasteiger partial charge is 0.251 e. The zero-order chi connectivity index (χ0) is 7.84. The molecule has 0 aromatic carbocycles. The van der Waals surface area contributed by atoms with Crippen LogP contribution in [0.1, 0.15) is 5.69 Å². The summed E-state index contributed by atoms with van der Waals surface area (Å²) in [5.41, 5.74) is 1.01. The summed E-state index contributed by atoms with van der Waals surface area (Å²) in [5, 5.41) is 2.91. The Morgan fingerprint density at radius 1 is 1.64 bits per heavy atom. The van der Waals surface area contributed by atoms with Crippen molar-refractivity contribution in [3.05, 3.63) is 22.7 Å². The lowest BCUT2D eigenvalue weighted by Crippen LogP contribution is -1.95. The minimum Gasteiger partial charge on any atom is -0.281 e. The third-order valence-electron chi connectivity index (χ3n) is 1.46. The number of aromatic amines is 1. The summed E-state index contributed by atoms with van der Waals surface area (Å²) in [6.45, 7) is 1.95. The predicted octanol–water partition coefficient (Wildman–Crippen LogP) is 1.10. The Bertz CT molecular complexity index is 441. The first-order chi connectivity index (χ1) is 5.27. The summed E-state index contributed by atoms with van der Waals surface area (Å²) in [6, 6.07) is 1.82. The zero-order valence-corrected chi connectivity index (χ0v) is 6.72. The number of nitrogens with zero attached hydrogens (tertiary/aromatic N) is 3. The van der Waals surface area contributed by atoms with Crippen molar-refractivity contribution in [1.82, 2.24) is 19.6 Å². The summed E-state index contributed by atoms with van der Waals surface area (Å²) in [6.07, 6.45) is 1.59. The maximum Gasteiger partial charge on any atom is 0.251 e. The third kappa shape index (κ3) is 0.932. The molecule has 4 nitrogen and oxygen atoms in total. The van der Waals surface area contributed by atoms with E-state index < -0.39 is 0 Å². The summed E-state index contributed by atoms with van der Waals surface area (Å²) in [4.78, 5) is 8.00. The van der Waals surface area contributed by atoms with Crippen molar-refractivity contribution >= 4 is 18.0 Å². The van der Waals surface area contributed by atoms with Crippen molar-refractivity contribution in [3.8, 4) is 0 Å². The van der Waals surface area contributed by atoms with Crippen LogP contribution in [-0.4, -0.2) is 19.6 Å². The van der Waals surface area contributed by atoms with Crippen molar-refractivity contribution in [1.29, 1.82) is 0 Å². The van der Waals surface area contributed by atoms with Gasteiger partial charge in [-0.15, -0.1) is 0 Å². The molecule has 11 heavy (non-hydrogen) atoms. The van der Waals surface area contributed by atoms with Gasteiger partial charge in [0.15, 0.2) is 0 Å². The van der Waals surface area contributed by atoms with Gasteiger partial charge in [-0.05, 0) is 13.0 Å². The van der Waals surface area contributed by atoms with E-state index in [0.717, 1.165) is 5.69 Å². The van der Waals surface area contributed by atoms with E-state index in [0.29, 0.717) is 10.4 Å². The number of H-pyrrole nitrogens is 1. The fraction of sp³-hybridized carbons (Fsp3) is 0.167. The standard InChI is InChI=1S/C6H6N4S/c1-4-2-5(11)9-6-7-3-8-10(4)6/h2-3H,1H3,(H,7,8,9,11).